The normalized spacial score (nSPS) is 11.6. The van der Waals surface area contributed by atoms with Crippen molar-refractivity contribution in [1.29, 1.82) is 5.26 Å². The Kier molecular flexibility index (Phi) is 5.48. The summed E-state index contributed by atoms with van der Waals surface area (Å²) in [7, 11) is 0. The van der Waals surface area contributed by atoms with Gasteiger partial charge in [-0.3, -0.25) is 9.78 Å². The van der Waals surface area contributed by atoms with Crippen LogP contribution >= 0.6 is 34.8 Å². The van der Waals surface area contributed by atoms with Gasteiger partial charge in [0.2, 0.25) is 5.76 Å². The van der Waals surface area contributed by atoms with E-state index < -0.39 is 11.9 Å². The predicted octanol–water partition coefficient (Wildman–Crippen LogP) is 5.03. The maximum atomic E-state index is 12.5. The number of nitriles is 1. The van der Waals surface area contributed by atoms with Gasteiger partial charge in [0.15, 0.2) is 5.76 Å². The van der Waals surface area contributed by atoms with Crippen LogP contribution in [0.25, 0.3) is 0 Å². The molecule has 5 nitrogen and oxygen atoms in total. The number of furan rings is 1. The Hall–Kier alpha value is -2.52. The van der Waals surface area contributed by atoms with Crippen LogP contribution in [-0.4, -0.2) is 10.9 Å². The molecule has 1 N–H and O–H groups in total. The van der Waals surface area contributed by atoms with Crippen LogP contribution in [0.3, 0.4) is 0 Å². The highest BCUT2D eigenvalue weighted by Crippen LogP contribution is 2.29. The zero-order valence-corrected chi connectivity index (χ0v) is 15.3. The van der Waals surface area contributed by atoms with Crippen LogP contribution in [0.4, 0.5) is 0 Å². The fraction of sp³-hybridized carbons (Fsp3) is 0.0556. The molecule has 0 saturated carbocycles. The largest absolute Gasteiger partial charge is 0.440 e. The maximum absolute atomic E-state index is 12.5. The second-order valence-corrected chi connectivity index (χ2v) is 6.51. The topological polar surface area (TPSA) is 78.9 Å². The van der Waals surface area contributed by atoms with Crippen LogP contribution in [0, 0.1) is 11.3 Å². The van der Waals surface area contributed by atoms with Gasteiger partial charge in [-0.1, -0.05) is 40.9 Å². The molecule has 2 aromatic heterocycles. The molecule has 1 amide bonds. The van der Waals surface area contributed by atoms with Crippen molar-refractivity contribution in [3.8, 4) is 6.07 Å². The zero-order chi connectivity index (χ0) is 18.7. The summed E-state index contributed by atoms with van der Waals surface area (Å²) in [5.41, 5.74) is 1.22. The van der Waals surface area contributed by atoms with Crippen molar-refractivity contribution >= 4 is 40.7 Å². The van der Waals surface area contributed by atoms with E-state index in [0.717, 1.165) is 0 Å². The lowest BCUT2D eigenvalue weighted by Crippen LogP contribution is -2.29. The number of nitrogens with zero attached hydrogens (tertiary/aromatic N) is 2. The van der Waals surface area contributed by atoms with E-state index in [1.165, 1.54) is 18.3 Å². The number of amides is 1. The minimum atomic E-state index is -0.620. The average Bonchev–Trinajstić information content (AvgIpc) is 3.12. The number of pyridine rings is 1. The highest BCUT2D eigenvalue weighted by molar-refractivity contribution is 6.42. The molecule has 0 spiro atoms. The lowest BCUT2D eigenvalue weighted by molar-refractivity contribution is 0.0914. The van der Waals surface area contributed by atoms with E-state index in [-0.39, 0.29) is 11.5 Å². The Morgan fingerprint density at radius 1 is 1.12 bits per heavy atom. The third-order valence-corrected chi connectivity index (χ3v) is 4.50. The monoisotopic (exact) mass is 405 g/mol. The fourth-order valence-electron chi connectivity index (χ4n) is 2.30. The van der Waals surface area contributed by atoms with E-state index in [0.29, 0.717) is 26.3 Å². The molecule has 0 aliphatic heterocycles. The van der Waals surface area contributed by atoms with Crippen LogP contribution in [-0.2, 0) is 0 Å². The van der Waals surface area contributed by atoms with Gasteiger partial charge >= 0.3 is 0 Å². The van der Waals surface area contributed by atoms with E-state index in [2.05, 4.69) is 10.3 Å². The molecule has 1 atom stereocenters. The first-order valence-corrected chi connectivity index (χ1v) is 8.48. The van der Waals surface area contributed by atoms with Gasteiger partial charge in [0.25, 0.3) is 5.91 Å². The van der Waals surface area contributed by atoms with Gasteiger partial charge in [-0.05, 0) is 42.0 Å². The van der Waals surface area contributed by atoms with E-state index in [1.807, 2.05) is 6.07 Å². The van der Waals surface area contributed by atoms with Crippen LogP contribution in [0.15, 0.2) is 53.1 Å². The number of carbonyl (C=O) groups is 1. The quantitative estimate of drug-likeness (QED) is 0.659. The average molecular weight is 407 g/mol. The van der Waals surface area contributed by atoms with Gasteiger partial charge < -0.3 is 9.73 Å². The summed E-state index contributed by atoms with van der Waals surface area (Å²) in [6.45, 7) is 0. The Bertz CT molecular complexity index is 994. The molecular weight excluding hydrogens is 397 g/mol. The fourth-order valence-corrected chi connectivity index (χ4v) is 2.72. The van der Waals surface area contributed by atoms with Crippen LogP contribution in [0.1, 0.15) is 33.6 Å². The number of nitrogens with one attached hydrogen (secondary N) is 1. The summed E-state index contributed by atoms with van der Waals surface area (Å²) in [5.74, 6) is -0.439. The molecule has 0 bridgehead atoms. The lowest BCUT2D eigenvalue weighted by Gasteiger charge is -2.19. The Balaban J connectivity index is 1.97. The standard InChI is InChI=1S/C18H10Cl3N3O2/c19-11-2-5-15(23-9-11)17(10-1-4-13(20)14(21)7-10)24-18(25)16-6-3-12(8-22)26-16/h1-7,9,17H,(H,24,25)/t17-/m0/s1. The van der Waals surface area contributed by atoms with Crippen molar-refractivity contribution in [2.45, 2.75) is 6.04 Å². The molecule has 0 radical (unpaired) electrons. The molecule has 1 aromatic carbocycles. The second kappa shape index (κ2) is 7.79. The Labute approximate surface area is 164 Å². The first-order chi connectivity index (χ1) is 12.5. The molecule has 0 fully saturated rings. The minimum Gasteiger partial charge on any atom is -0.440 e. The first-order valence-electron chi connectivity index (χ1n) is 7.35. The molecule has 2 heterocycles. The number of aromatic nitrogens is 1. The van der Waals surface area contributed by atoms with E-state index in [4.69, 9.17) is 44.5 Å². The highest BCUT2D eigenvalue weighted by atomic mass is 35.5. The van der Waals surface area contributed by atoms with Crippen LogP contribution < -0.4 is 5.32 Å². The molecule has 3 rings (SSSR count). The van der Waals surface area contributed by atoms with E-state index in [9.17, 15) is 4.79 Å². The van der Waals surface area contributed by atoms with Crippen molar-refractivity contribution in [2.75, 3.05) is 0 Å². The molecule has 26 heavy (non-hydrogen) atoms. The van der Waals surface area contributed by atoms with Crippen molar-refractivity contribution in [1.82, 2.24) is 10.3 Å². The molecule has 0 aliphatic carbocycles. The molecule has 3 aromatic rings. The maximum Gasteiger partial charge on any atom is 0.287 e. The molecule has 0 unspecified atom stereocenters. The number of halogens is 3. The number of carbonyl (C=O) groups excluding carboxylic acids is 1. The summed E-state index contributed by atoms with van der Waals surface area (Å²) in [4.78, 5) is 16.8. The van der Waals surface area contributed by atoms with Gasteiger partial charge in [0.05, 0.1) is 26.8 Å². The van der Waals surface area contributed by atoms with E-state index in [1.54, 1.807) is 30.3 Å². The van der Waals surface area contributed by atoms with Gasteiger partial charge in [-0.25, -0.2) is 0 Å². The first kappa shape index (κ1) is 18.3. The van der Waals surface area contributed by atoms with Crippen molar-refractivity contribution in [3.05, 3.63) is 86.5 Å². The Morgan fingerprint density at radius 2 is 1.92 bits per heavy atom. The molecule has 130 valence electrons. The molecular formula is C18H10Cl3N3O2. The minimum absolute atomic E-state index is 0.0144. The molecule has 0 aliphatic rings. The van der Waals surface area contributed by atoms with Crippen molar-refractivity contribution in [3.63, 3.8) is 0 Å². The third-order valence-electron chi connectivity index (χ3n) is 3.54. The van der Waals surface area contributed by atoms with Crippen LogP contribution in [0.5, 0.6) is 0 Å². The zero-order valence-electron chi connectivity index (χ0n) is 13.0. The summed E-state index contributed by atoms with van der Waals surface area (Å²) < 4.78 is 5.17. The van der Waals surface area contributed by atoms with Gasteiger partial charge in [0, 0.05) is 6.20 Å². The number of hydrogen-bond donors (Lipinski definition) is 1. The van der Waals surface area contributed by atoms with Gasteiger partial charge in [-0.15, -0.1) is 0 Å². The summed E-state index contributed by atoms with van der Waals surface area (Å²) in [6, 6.07) is 12.4. The Morgan fingerprint density at radius 3 is 2.54 bits per heavy atom. The summed E-state index contributed by atoms with van der Waals surface area (Å²) in [5, 5.41) is 12.9. The van der Waals surface area contributed by atoms with Crippen LogP contribution in [0.2, 0.25) is 15.1 Å². The highest BCUT2D eigenvalue weighted by Gasteiger charge is 2.22. The number of rotatable bonds is 4. The lowest BCUT2D eigenvalue weighted by atomic mass is 10.0. The molecule has 8 heteroatoms. The number of benzene rings is 1. The second-order valence-electron chi connectivity index (χ2n) is 5.26. The SMILES string of the molecule is N#Cc1ccc(C(=O)N[C@@H](c2ccc(Cl)c(Cl)c2)c2ccc(Cl)cn2)o1. The summed E-state index contributed by atoms with van der Waals surface area (Å²) >= 11 is 18.0. The van der Waals surface area contributed by atoms with Gasteiger partial charge in [-0.2, -0.15) is 5.26 Å². The number of hydrogen-bond acceptors (Lipinski definition) is 4. The molecule has 0 saturated heterocycles. The van der Waals surface area contributed by atoms with Crippen molar-refractivity contribution < 1.29 is 9.21 Å². The van der Waals surface area contributed by atoms with Gasteiger partial charge in [0.1, 0.15) is 6.07 Å². The predicted molar refractivity (Wildman–Crippen MR) is 98.4 cm³/mol. The third kappa shape index (κ3) is 4.00. The van der Waals surface area contributed by atoms with Crippen molar-refractivity contribution in [2.24, 2.45) is 0 Å². The summed E-state index contributed by atoms with van der Waals surface area (Å²) in [6.07, 6.45) is 1.48. The van der Waals surface area contributed by atoms with E-state index >= 15 is 0 Å². The smallest absolute Gasteiger partial charge is 0.287 e.